The van der Waals surface area contributed by atoms with Crippen molar-refractivity contribution in [1.29, 1.82) is 0 Å². The van der Waals surface area contributed by atoms with E-state index in [-0.39, 0.29) is 5.91 Å². The number of halogens is 1. The van der Waals surface area contributed by atoms with E-state index in [1.165, 1.54) is 6.21 Å². The molecule has 0 fully saturated rings. The summed E-state index contributed by atoms with van der Waals surface area (Å²) in [5, 5.41) is 4.53. The number of nitrogens with one attached hydrogen (secondary N) is 1. The molecule has 0 aromatic heterocycles. The quantitative estimate of drug-likeness (QED) is 0.631. The smallest absolute Gasteiger partial charge is 0.280 e. The molecule has 2 aromatic carbocycles. The molecule has 4 nitrogen and oxygen atoms in total. The van der Waals surface area contributed by atoms with Crippen LogP contribution in [0.1, 0.15) is 18.1 Å². The van der Waals surface area contributed by atoms with Crippen molar-refractivity contribution >= 4 is 29.8 Å². The van der Waals surface area contributed by atoms with Gasteiger partial charge in [0.2, 0.25) is 0 Å². The molecule has 0 heterocycles. The Hall–Kier alpha value is -2.59. The van der Waals surface area contributed by atoms with Crippen molar-refractivity contribution in [1.82, 2.24) is 5.43 Å². The Morgan fingerprint density at radius 1 is 1.25 bits per heavy atom. The van der Waals surface area contributed by atoms with Crippen molar-refractivity contribution in [3.8, 4) is 5.75 Å². The molecule has 0 aliphatic carbocycles. The van der Waals surface area contributed by atoms with E-state index in [9.17, 15) is 4.79 Å². The molecular weight excluding hydrogens is 324 g/mol. The topological polar surface area (TPSA) is 50.7 Å². The highest BCUT2D eigenvalue weighted by molar-refractivity contribution is 6.31. The first-order valence-electron chi connectivity index (χ1n) is 7.53. The van der Waals surface area contributed by atoms with Gasteiger partial charge < -0.3 is 4.74 Å². The maximum atomic E-state index is 11.9. The molecular formula is C19H19ClN2O2. The largest absolute Gasteiger partial charge is 0.481 e. The van der Waals surface area contributed by atoms with Crippen molar-refractivity contribution in [2.45, 2.75) is 20.0 Å². The van der Waals surface area contributed by atoms with Crippen LogP contribution < -0.4 is 10.2 Å². The van der Waals surface area contributed by atoms with Crippen molar-refractivity contribution in [2.75, 3.05) is 0 Å². The SMILES string of the molecule is Cc1cc(O[C@@H](C)C(=O)N/N=C\C=C\c2ccccc2)ccc1Cl. The van der Waals surface area contributed by atoms with E-state index in [2.05, 4.69) is 10.5 Å². The Balaban J connectivity index is 1.82. The van der Waals surface area contributed by atoms with Crippen LogP contribution in [0.5, 0.6) is 5.75 Å². The summed E-state index contributed by atoms with van der Waals surface area (Å²) < 4.78 is 5.58. The van der Waals surface area contributed by atoms with Crippen LogP contribution in [0.15, 0.2) is 59.7 Å². The molecule has 2 aromatic rings. The third-order valence-electron chi connectivity index (χ3n) is 3.24. The van der Waals surface area contributed by atoms with Gasteiger partial charge in [-0.15, -0.1) is 0 Å². The number of carbonyl (C=O) groups excluding carboxylic acids is 1. The predicted octanol–water partition coefficient (Wildman–Crippen LogP) is 4.23. The lowest BCUT2D eigenvalue weighted by Gasteiger charge is -2.13. The van der Waals surface area contributed by atoms with Gasteiger partial charge in [-0.05, 0) is 49.2 Å². The Bertz CT molecular complexity index is 742. The van der Waals surface area contributed by atoms with E-state index in [0.717, 1.165) is 11.1 Å². The van der Waals surface area contributed by atoms with E-state index in [0.29, 0.717) is 10.8 Å². The first kappa shape index (κ1) is 17.8. The van der Waals surface area contributed by atoms with Gasteiger partial charge in [0.15, 0.2) is 6.10 Å². The minimum absolute atomic E-state index is 0.327. The van der Waals surface area contributed by atoms with Gasteiger partial charge in [-0.2, -0.15) is 5.10 Å². The number of carbonyl (C=O) groups is 1. The third kappa shape index (κ3) is 5.56. The zero-order valence-electron chi connectivity index (χ0n) is 13.6. The number of nitrogens with zero attached hydrogens (tertiary/aromatic N) is 1. The van der Waals surface area contributed by atoms with Crippen LogP contribution in [-0.4, -0.2) is 18.2 Å². The number of hydrogen-bond acceptors (Lipinski definition) is 3. The minimum atomic E-state index is -0.666. The molecule has 0 aliphatic heterocycles. The average Bonchev–Trinajstić information content (AvgIpc) is 2.58. The van der Waals surface area contributed by atoms with Crippen molar-refractivity contribution < 1.29 is 9.53 Å². The van der Waals surface area contributed by atoms with Crippen LogP contribution in [0.25, 0.3) is 6.08 Å². The average molecular weight is 343 g/mol. The molecule has 0 aliphatic rings. The van der Waals surface area contributed by atoms with Gasteiger partial charge in [0, 0.05) is 11.2 Å². The molecule has 5 heteroatoms. The summed E-state index contributed by atoms with van der Waals surface area (Å²) in [7, 11) is 0. The Morgan fingerprint density at radius 3 is 2.71 bits per heavy atom. The number of hydrazone groups is 1. The van der Waals surface area contributed by atoms with Gasteiger partial charge in [0.05, 0.1) is 0 Å². The van der Waals surface area contributed by atoms with Crippen LogP contribution in [-0.2, 0) is 4.79 Å². The van der Waals surface area contributed by atoms with Crippen molar-refractivity contribution in [3.05, 3.63) is 70.8 Å². The third-order valence-corrected chi connectivity index (χ3v) is 3.66. The molecule has 0 radical (unpaired) electrons. The van der Waals surface area contributed by atoms with E-state index >= 15 is 0 Å². The van der Waals surface area contributed by atoms with Crippen molar-refractivity contribution in [2.24, 2.45) is 5.10 Å². The van der Waals surface area contributed by atoms with Gasteiger partial charge in [-0.3, -0.25) is 4.79 Å². The number of allylic oxidation sites excluding steroid dienone is 1. The summed E-state index contributed by atoms with van der Waals surface area (Å²) in [5.41, 5.74) is 4.40. The Labute approximate surface area is 146 Å². The number of ether oxygens (including phenoxy) is 1. The molecule has 0 bridgehead atoms. The number of hydrogen-bond donors (Lipinski definition) is 1. The van der Waals surface area contributed by atoms with Crippen LogP contribution in [0.4, 0.5) is 0 Å². The highest BCUT2D eigenvalue weighted by Gasteiger charge is 2.14. The first-order valence-corrected chi connectivity index (χ1v) is 7.91. The molecule has 0 saturated carbocycles. The maximum absolute atomic E-state index is 11.9. The second-order valence-corrected chi connectivity index (χ2v) is 5.60. The normalized spacial score (nSPS) is 12.5. The molecule has 0 spiro atoms. The molecule has 1 amide bonds. The van der Waals surface area contributed by atoms with E-state index in [1.54, 1.807) is 31.2 Å². The monoisotopic (exact) mass is 342 g/mol. The van der Waals surface area contributed by atoms with Crippen LogP contribution in [0, 0.1) is 6.92 Å². The number of benzene rings is 2. The summed E-state index contributed by atoms with van der Waals surface area (Å²) in [4.78, 5) is 11.9. The Kier molecular flexibility index (Phi) is 6.58. The highest BCUT2D eigenvalue weighted by atomic mass is 35.5. The summed E-state index contributed by atoms with van der Waals surface area (Å²) in [6.07, 6.45) is 4.50. The minimum Gasteiger partial charge on any atom is -0.481 e. The van der Waals surface area contributed by atoms with Gasteiger partial charge >= 0.3 is 0 Å². The molecule has 124 valence electrons. The zero-order chi connectivity index (χ0) is 17.4. The van der Waals surface area contributed by atoms with Gasteiger partial charge in [-0.25, -0.2) is 5.43 Å². The standard InChI is InChI=1S/C19H19ClN2O2/c1-14-13-17(10-11-18(14)20)24-15(2)19(23)22-21-12-6-9-16-7-4-3-5-8-16/h3-13,15H,1-2H3,(H,22,23)/b9-6+,21-12-/t15-/m0/s1. The van der Waals surface area contributed by atoms with Crippen LogP contribution in [0.3, 0.4) is 0 Å². The molecule has 0 saturated heterocycles. The molecule has 2 rings (SSSR count). The lowest BCUT2D eigenvalue weighted by atomic mass is 10.2. The van der Waals surface area contributed by atoms with Gasteiger partial charge in [0.1, 0.15) is 5.75 Å². The van der Waals surface area contributed by atoms with Crippen LogP contribution in [0.2, 0.25) is 5.02 Å². The fraction of sp³-hybridized carbons (Fsp3) is 0.158. The zero-order valence-corrected chi connectivity index (χ0v) is 14.3. The van der Waals surface area contributed by atoms with E-state index < -0.39 is 6.10 Å². The number of rotatable bonds is 6. The second kappa shape index (κ2) is 8.89. The van der Waals surface area contributed by atoms with Crippen molar-refractivity contribution in [3.63, 3.8) is 0 Å². The fourth-order valence-corrected chi connectivity index (χ4v) is 2.02. The molecule has 24 heavy (non-hydrogen) atoms. The summed E-state index contributed by atoms with van der Waals surface area (Å²) in [6, 6.07) is 15.1. The molecule has 0 unspecified atom stereocenters. The summed E-state index contributed by atoms with van der Waals surface area (Å²) in [5.74, 6) is 0.263. The Morgan fingerprint density at radius 2 is 2.00 bits per heavy atom. The summed E-state index contributed by atoms with van der Waals surface area (Å²) in [6.45, 7) is 3.54. The predicted molar refractivity (Wildman–Crippen MR) is 98.4 cm³/mol. The van der Waals surface area contributed by atoms with E-state index in [4.69, 9.17) is 16.3 Å². The maximum Gasteiger partial charge on any atom is 0.280 e. The highest BCUT2D eigenvalue weighted by Crippen LogP contribution is 2.21. The summed E-state index contributed by atoms with van der Waals surface area (Å²) >= 11 is 5.96. The lowest BCUT2D eigenvalue weighted by Crippen LogP contribution is -2.33. The van der Waals surface area contributed by atoms with Gasteiger partial charge in [0.25, 0.3) is 5.91 Å². The molecule has 1 N–H and O–H groups in total. The van der Waals surface area contributed by atoms with E-state index in [1.807, 2.05) is 43.3 Å². The first-order chi connectivity index (χ1) is 11.6. The molecule has 1 atom stereocenters. The fourth-order valence-electron chi connectivity index (χ4n) is 1.90. The van der Waals surface area contributed by atoms with Gasteiger partial charge in [-0.1, -0.05) is 48.0 Å². The lowest BCUT2D eigenvalue weighted by molar-refractivity contribution is -0.127. The number of amides is 1. The second-order valence-electron chi connectivity index (χ2n) is 5.20. The van der Waals surface area contributed by atoms with Crippen LogP contribution >= 0.6 is 11.6 Å². The number of aryl methyl sites for hydroxylation is 1.